The van der Waals surface area contributed by atoms with Gasteiger partial charge in [-0.25, -0.2) is 4.68 Å². The molecular weight excluding hydrogens is 448 g/mol. The van der Waals surface area contributed by atoms with Gasteiger partial charge in [-0.3, -0.25) is 9.69 Å². The lowest BCUT2D eigenvalue weighted by molar-refractivity contribution is 0.153. The summed E-state index contributed by atoms with van der Waals surface area (Å²) in [6.45, 7) is 7.61. The Morgan fingerprint density at radius 1 is 1.08 bits per heavy atom. The van der Waals surface area contributed by atoms with Crippen molar-refractivity contribution in [3.05, 3.63) is 87.0 Å². The molecule has 0 spiro atoms. The number of H-pyrrole nitrogens is 1. The monoisotopic (exact) mass is 484 g/mol. The fourth-order valence-electron chi connectivity index (χ4n) is 5.72. The molecule has 2 heterocycles. The normalized spacial score (nSPS) is 15.2. The number of nitrogens with one attached hydrogen (secondary N) is 1. The Labute approximate surface area is 212 Å². The van der Waals surface area contributed by atoms with Crippen LogP contribution in [0, 0.1) is 13.8 Å². The molecule has 1 N–H and O–H groups in total. The van der Waals surface area contributed by atoms with Crippen molar-refractivity contribution in [2.75, 3.05) is 0 Å². The van der Waals surface area contributed by atoms with E-state index < -0.39 is 0 Å². The molecule has 7 nitrogen and oxygen atoms in total. The lowest BCUT2D eigenvalue weighted by Crippen LogP contribution is -2.33. The summed E-state index contributed by atoms with van der Waals surface area (Å²) < 4.78 is 2.07. The molecule has 4 aromatic rings. The molecule has 0 unspecified atom stereocenters. The van der Waals surface area contributed by atoms with Crippen molar-refractivity contribution in [3.63, 3.8) is 0 Å². The average molecular weight is 485 g/mol. The van der Waals surface area contributed by atoms with E-state index in [1.54, 1.807) is 0 Å². The number of pyridine rings is 1. The Bertz CT molecular complexity index is 1370. The lowest BCUT2D eigenvalue weighted by atomic mass is 10.0. The molecular formula is C29H36N6O. The largest absolute Gasteiger partial charge is 0.322 e. The summed E-state index contributed by atoms with van der Waals surface area (Å²) >= 11 is 0. The maximum atomic E-state index is 13.3. The van der Waals surface area contributed by atoms with Crippen molar-refractivity contribution in [3.8, 4) is 0 Å². The van der Waals surface area contributed by atoms with Gasteiger partial charge in [0.15, 0.2) is 5.82 Å². The quantitative estimate of drug-likeness (QED) is 0.325. The first-order valence-corrected chi connectivity index (χ1v) is 13.2. The molecule has 0 aliphatic heterocycles. The molecule has 1 aliphatic carbocycles. The van der Waals surface area contributed by atoms with Crippen LogP contribution in [0.15, 0.2) is 53.3 Å². The van der Waals surface area contributed by atoms with E-state index in [1.165, 1.54) is 24.0 Å². The van der Waals surface area contributed by atoms with Crippen LogP contribution in [-0.2, 0) is 13.1 Å². The number of rotatable bonds is 9. The van der Waals surface area contributed by atoms with E-state index in [-0.39, 0.29) is 11.6 Å². The van der Waals surface area contributed by atoms with E-state index in [2.05, 4.69) is 87.3 Å². The third-order valence-corrected chi connectivity index (χ3v) is 7.48. The second kappa shape index (κ2) is 10.7. The first-order chi connectivity index (χ1) is 17.5. The van der Waals surface area contributed by atoms with Crippen LogP contribution in [0.25, 0.3) is 10.9 Å². The minimum atomic E-state index is -0.0313. The maximum Gasteiger partial charge on any atom is 0.252 e. The number of tetrazole rings is 1. The molecule has 1 aliphatic rings. The zero-order chi connectivity index (χ0) is 25.1. The molecule has 1 fully saturated rings. The van der Waals surface area contributed by atoms with Gasteiger partial charge in [-0.1, -0.05) is 62.6 Å². The lowest BCUT2D eigenvalue weighted by Gasteiger charge is -2.31. The molecule has 0 bridgehead atoms. The summed E-state index contributed by atoms with van der Waals surface area (Å²) in [5.74, 6) is 0.920. The summed E-state index contributed by atoms with van der Waals surface area (Å²) in [6, 6.07) is 17.1. The van der Waals surface area contributed by atoms with Crippen molar-refractivity contribution in [1.82, 2.24) is 30.1 Å². The number of aromatic amines is 1. The van der Waals surface area contributed by atoms with Gasteiger partial charge in [0.2, 0.25) is 0 Å². The minimum absolute atomic E-state index is 0.0139. The van der Waals surface area contributed by atoms with Gasteiger partial charge in [0.25, 0.3) is 5.56 Å². The first kappa shape index (κ1) is 24.4. The molecule has 2 aromatic carbocycles. The fourth-order valence-corrected chi connectivity index (χ4v) is 5.72. The molecule has 2 aromatic heterocycles. The number of nitrogens with zero attached hydrogens (tertiary/aromatic N) is 5. The van der Waals surface area contributed by atoms with Gasteiger partial charge in [-0.15, -0.1) is 5.10 Å². The number of benzene rings is 2. The third-order valence-electron chi connectivity index (χ3n) is 7.48. The third kappa shape index (κ3) is 5.12. The average Bonchev–Trinajstić information content (AvgIpc) is 3.56. The second-order valence-corrected chi connectivity index (χ2v) is 10.3. The minimum Gasteiger partial charge on any atom is -0.322 e. The predicted octanol–water partition coefficient (Wildman–Crippen LogP) is 5.79. The number of hydrogen-bond donors (Lipinski definition) is 1. The highest BCUT2D eigenvalue weighted by Gasteiger charge is 2.30. The highest BCUT2D eigenvalue weighted by atomic mass is 16.1. The van der Waals surface area contributed by atoms with E-state index >= 15 is 0 Å². The van der Waals surface area contributed by atoms with Gasteiger partial charge in [0.05, 0.1) is 12.1 Å². The number of hydrogen-bond acceptors (Lipinski definition) is 5. The zero-order valence-electron chi connectivity index (χ0n) is 21.6. The summed E-state index contributed by atoms with van der Waals surface area (Å²) in [6.07, 6.45) is 6.61. The predicted molar refractivity (Wildman–Crippen MR) is 143 cm³/mol. The Kier molecular flexibility index (Phi) is 7.28. The number of fused-ring (bicyclic) bond motifs is 1. The van der Waals surface area contributed by atoms with Crippen LogP contribution in [0.4, 0.5) is 0 Å². The van der Waals surface area contributed by atoms with E-state index in [9.17, 15) is 4.79 Å². The van der Waals surface area contributed by atoms with Crippen LogP contribution in [0.1, 0.15) is 85.6 Å². The summed E-state index contributed by atoms with van der Waals surface area (Å²) in [5, 5.41) is 14.2. The molecule has 0 saturated heterocycles. The highest BCUT2D eigenvalue weighted by Crippen LogP contribution is 2.34. The molecule has 188 valence electrons. The van der Waals surface area contributed by atoms with Crippen LogP contribution >= 0.6 is 0 Å². The Morgan fingerprint density at radius 3 is 2.61 bits per heavy atom. The Balaban J connectivity index is 1.56. The van der Waals surface area contributed by atoms with Gasteiger partial charge in [-0.2, -0.15) is 0 Å². The first-order valence-electron chi connectivity index (χ1n) is 13.2. The molecule has 5 rings (SSSR count). The van der Waals surface area contributed by atoms with E-state index in [1.807, 2.05) is 12.1 Å². The highest BCUT2D eigenvalue weighted by molar-refractivity contribution is 5.83. The fraction of sp³-hybridized carbons (Fsp3) is 0.448. The summed E-state index contributed by atoms with van der Waals surface area (Å²) in [5.41, 5.74) is 5.17. The van der Waals surface area contributed by atoms with Crippen molar-refractivity contribution >= 4 is 10.9 Å². The van der Waals surface area contributed by atoms with Gasteiger partial charge < -0.3 is 4.98 Å². The topological polar surface area (TPSA) is 79.7 Å². The second-order valence-electron chi connectivity index (χ2n) is 10.3. The number of aromatic nitrogens is 5. The van der Waals surface area contributed by atoms with Crippen LogP contribution < -0.4 is 5.56 Å². The molecule has 0 amide bonds. The Hall–Kier alpha value is -3.32. The van der Waals surface area contributed by atoms with Crippen molar-refractivity contribution < 1.29 is 0 Å². The molecule has 7 heteroatoms. The van der Waals surface area contributed by atoms with Crippen molar-refractivity contribution in [2.45, 2.75) is 84.5 Å². The van der Waals surface area contributed by atoms with Crippen LogP contribution in [0.3, 0.4) is 0 Å². The van der Waals surface area contributed by atoms with E-state index in [4.69, 9.17) is 0 Å². The van der Waals surface area contributed by atoms with Crippen LogP contribution in [0.5, 0.6) is 0 Å². The SMILES string of the molecule is CCC[C@H](c1nnnn1C1CCCC1)N(Cc1ccccc1)Cc1cc2c(C)cc(C)cc2[nH]c1=O. The van der Waals surface area contributed by atoms with Gasteiger partial charge in [0.1, 0.15) is 0 Å². The van der Waals surface area contributed by atoms with E-state index in [0.29, 0.717) is 19.1 Å². The Morgan fingerprint density at radius 2 is 1.86 bits per heavy atom. The van der Waals surface area contributed by atoms with E-state index in [0.717, 1.165) is 53.5 Å². The smallest absolute Gasteiger partial charge is 0.252 e. The molecule has 1 atom stereocenters. The van der Waals surface area contributed by atoms with Gasteiger partial charge in [0, 0.05) is 29.6 Å². The zero-order valence-corrected chi connectivity index (χ0v) is 21.6. The molecule has 0 radical (unpaired) electrons. The standard InChI is InChI=1S/C29H36N6O/c1-4-10-27(28-31-32-33-35(28)24-13-8-9-14-24)34(18-22-11-6-5-7-12-22)19-23-17-25-21(3)15-20(2)16-26(25)30-29(23)36/h5-7,11-12,15-17,24,27H,4,8-10,13-14,18-19H2,1-3H3,(H,30,36)/t27-/m1/s1. The van der Waals surface area contributed by atoms with Crippen molar-refractivity contribution in [2.24, 2.45) is 0 Å². The van der Waals surface area contributed by atoms with Gasteiger partial charge in [-0.05, 0) is 72.4 Å². The van der Waals surface area contributed by atoms with Crippen LogP contribution in [0.2, 0.25) is 0 Å². The summed E-state index contributed by atoms with van der Waals surface area (Å²) in [4.78, 5) is 18.8. The van der Waals surface area contributed by atoms with Crippen molar-refractivity contribution in [1.29, 1.82) is 0 Å². The summed E-state index contributed by atoms with van der Waals surface area (Å²) in [7, 11) is 0. The number of aryl methyl sites for hydroxylation is 2. The molecule has 1 saturated carbocycles. The van der Waals surface area contributed by atoms with Crippen LogP contribution in [-0.4, -0.2) is 30.1 Å². The van der Waals surface area contributed by atoms with Gasteiger partial charge >= 0.3 is 0 Å². The molecule has 36 heavy (non-hydrogen) atoms. The maximum absolute atomic E-state index is 13.3.